The third-order valence-corrected chi connectivity index (χ3v) is 5.40. The number of anilines is 1. The quantitative estimate of drug-likeness (QED) is 0.165. The van der Waals surface area contributed by atoms with Gasteiger partial charge in [-0.05, 0) is 24.6 Å². The molecule has 1 saturated heterocycles. The molecule has 1 aromatic carbocycles. The van der Waals surface area contributed by atoms with Gasteiger partial charge in [-0.2, -0.15) is 0 Å². The Labute approximate surface area is 193 Å². The van der Waals surface area contributed by atoms with Crippen LogP contribution in [-0.4, -0.2) is 82.8 Å². The van der Waals surface area contributed by atoms with Gasteiger partial charge in [0, 0.05) is 31.8 Å². The van der Waals surface area contributed by atoms with E-state index in [1.807, 2.05) is 56.3 Å². The predicted molar refractivity (Wildman–Crippen MR) is 121 cm³/mol. The summed E-state index contributed by atoms with van der Waals surface area (Å²) in [5.41, 5.74) is 4.62. The number of nitrogens with zero attached hydrogens (tertiary/aromatic N) is 1. The number of amides is 1. The minimum atomic E-state index is -1.62. The van der Waals surface area contributed by atoms with Gasteiger partial charge in [0.25, 0.3) is 5.91 Å². The minimum Gasteiger partial charge on any atom is -0.394 e. The van der Waals surface area contributed by atoms with Gasteiger partial charge in [-0.1, -0.05) is 36.8 Å². The van der Waals surface area contributed by atoms with Gasteiger partial charge in [-0.15, -0.1) is 0 Å². The van der Waals surface area contributed by atoms with Gasteiger partial charge in [0.15, 0.2) is 0 Å². The Bertz CT molecular complexity index is 824. The fraction of sp³-hybridized carbons (Fsp3) is 0.522. The summed E-state index contributed by atoms with van der Waals surface area (Å²) in [5.74, 6) is -0.875. The van der Waals surface area contributed by atoms with Crippen molar-refractivity contribution in [2.75, 3.05) is 25.6 Å². The number of aliphatic hydroxyl groups is 5. The molecule has 7 atom stereocenters. The highest BCUT2D eigenvalue weighted by atomic mass is 16.8. The van der Waals surface area contributed by atoms with Crippen molar-refractivity contribution >= 4 is 11.6 Å². The number of rotatable bonds is 9. The van der Waals surface area contributed by atoms with E-state index < -0.39 is 49.3 Å². The smallest absolute Gasteiger partial charge is 0.267 e. The van der Waals surface area contributed by atoms with Crippen LogP contribution < -0.4 is 10.4 Å². The molecule has 0 saturated carbocycles. The maximum atomic E-state index is 12.0. The van der Waals surface area contributed by atoms with Crippen molar-refractivity contribution in [2.45, 2.75) is 50.7 Å². The summed E-state index contributed by atoms with van der Waals surface area (Å²) in [6.45, 7) is 3.04. The largest absolute Gasteiger partial charge is 0.394 e. The third-order valence-electron chi connectivity index (χ3n) is 5.40. The molecule has 0 radical (unpaired) electrons. The number of hydrogen-bond donors (Lipinski definition) is 6. The average Bonchev–Trinajstić information content (AvgIpc) is 2.80. The molecule has 0 bridgehead atoms. The van der Waals surface area contributed by atoms with Crippen LogP contribution in [0, 0.1) is 5.92 Å². The third kappa shape index (κ3) is 7.34. The topological polar surface area (TPSA) is 152 Å². The Morgan fingerprint density at radius 1 is 1.15 bits per heavy atom. The Morgan fingerprint density at radius 3 is 2.36 bits per heavy atom. The first-order chi connectivity index (χ1) is 15.5. The van der Waals surface area contributed by atoms with Crippen LogP contribution in [0.25, 0.3) is 0 Å². The molecule has 1 aliphatic heterocycles. The molecular weight excluding hydrogens is 432 g/mol. The predicted octanol–water partition coefficient (Wildman–Crippen LogP) is -0.228. The van der Waals surface area contributed by atoms with Crippen molar-refractivity contribution in [3.63, 3.8) is 0 Å². The maximum Gasteiger partial charge on any atom is 0.267 e. The zero-order valence-electron chi connectivity index (χ0n) is 19.2. The van der Waals surface area contributed by atoms with E-state index in [1.165, 1.54) is 12.2 Å². The summed E-state index contributed by atoms with van der Waals surface area (Å²) in [4.78, 5) is 19.0. The van der Waals surface area contributed by atoms with E-state index in [2.05, 4.69) is 5.48 Å². The summed E-state index contributed by atoms with van der Waals surface area (Å²) in [7, 11) is 3.88. The van der Waals surface area contributed by atoms with E-state index >= 15 is 0 Å². The molecule has 33 heavy (non-hydrogen) atoms. The molecule has 1 fully saturated rings. The highest BCUT2D eigenvalue weighted by Crippen LogP contribution is 2.26. The zero-order chi connectivity index (χ0) is 24.7. The zero-order valence-corrected chi connectivity index (χ0v) is 19.2. The van der Waals surface area contributed by atoms with Gasteiger partial charge in [0.1, 0.15) is 24.4 Å². The number of benzene rings is 1. The molecular formula is C23H34N2O8. The van der Waals surface area contributed by atoms with Crippen LogP contribution in [-0.2, 0) is 14.4 Å². The van der Waals surface area contributed by atoms with Crippen LogP contribution >= 0.6 is 0 Å². The van der Waals surface area contributed by atoms with Crippen LogP contribution in [0.5, 0.6) is 0 Å². The maximum absolute atomic E-state index is 12.0. The summed E-state index contributed by atoms with van der Waals surface area (Å²) in [6, 6.07) is 7.61. The van der Waals surface area contributed by atoms with Gasteiger partial charge in [0.05, 0.1) is 12.7 Å². The standard InChI is InChI=1S/C23H34N2O8/c1-13(11-14(2)19(28)15-6-8-16(9-7-15)25(3)4)5-10-18(27)24-33-23-22(31)21(30)20(29)17(12-26)32-23/h5-11,14,17,19-23,26,28-31H,12H2,1-4H3,(H,24,27)/b10-5+,13-11+/t14-,17-,19?,20-,21+,22-,23+/m1/s1. The Morgan fingerprint density at radius 2 is 1.79 bits per heavy atom. The van der Waals surface area contributed by atoms with Crippen molar-refractivity contribution in [2.24, 2.45) is 5.92 Å². The number of hydrogen-bond acceptors (Lipinski definition) is 9. The molecule has 10 heteroatoms. The Kier molecular flexibility index (Phi) is 9.99. The summed E-state index contributed by atoms with van der Waals surface area (Å²) in [5, 5.41) is 49.1. The summed E-state index contributed by atoms with van der Waals surface area (Å²) < 4.78 is 5.14. The van der Waals surface area contributed by atoms with Crippen molar-refractivity contribution in [3.05, 3.63) is 53.6 Å². The molecule has 6 N–H and O–H groups in total. The molecule has 10 nitrogen and oxygen atoms in total. The lowest BCUT2D eigenvalue weighted by Gasteiger charge is -2.38. The molecule has 1 aromatic rings. The fourth-order valence-corrected chi connectivity index (χ4v) is 3.36. The first-order valence-electron chi connectivity index (χ1n) is 10.6. The number of hydroxylamine groups is 1. The fourth-order valence-electron chi connectivity index (χ4n) is 3.36. The van der Waals surface area contributed by atoms with Crippen molar-refractivity contribution in [3.8, 4) is 0 Å². The number of allylic oxidation sites excluding steroid dienone is 2. The first-order valence-corrected chi connectivity index (χ1v) is 10.6. The normalized spacial score (nSPS) is 27.9. The first kappa shape index (κ1) is 26.9. The lowest BCUT2D eigenvalue weighted by atomic mass is 9.95. The number of nitrogens with one attached hydrogen (secondary N) is 1. The molecule has 0 aliphatic carbocycles. The van der Waals surface area contributed by atoms with E-state index in [4.69, 9.17) is 14.7 Å². The van der Waals surface area contributed by atoms with Gasteiger partial charge >= 0.3 is 0 Å². The molecule has 184 valence electrons. The highest BCUT2D eigenvalue weighted by molar-refractivity contribution is 5.87. The summed E-state index contributed by atoms with van der Waals surface area (Å²) in [6.07, 6.45) is -3.52. The summed E-state index contributed by atoms with van der Waals surface area (Å²) >= 11 is 0. The van der Waals surface area contributed by atoms with Crippen LogP contribution in [0.4, 0.5) is 5.69 Å². The van der Waals surface area contributed by atoms with E-state index in [0.717, 1.165) is 16.8 Å². The molecule has 1 aliphatic rings. The van der Waals surface area contributed by atoms with Crippen LogP contribution in [0.3, 0.4) is 0 Å². The number of aliphatic hydroxyl groups excluding tert-OH is 5. The van der Waals surface area contributed by atoms with Crippen molar-refractivity contribution in [1.82, 2.24) is 5.48 Å². The van der Waals surface area contributed by atoms with Crippen LogP contribution in [0.2, 0.25) is 0 Å². The van der Waals surface area contributed by atoms with Gasteiger partial charge in [0.2, 0.25) is 6.29 Å². The molecule has 0 spiro atoms. The van der Waals surface area contributed by atoms with E-state index in [1.54, 1.807) is 6.92 Å². The van der Waals surface area contributed by atoms with E-state index in [-0.39, 0.29) is 5.92 Å². The molecule has 0 aromatic heterocycles. The Hall–Kier alpha value is -2.31. The Balaban J connectivity index is 1.89. The van der Waals surface area contributed by atoms with Gasteiger partial charge < -0.3 is 35.2 Å². The monoisotopic (exact) mass is 466 g/mol. The SMILES string of the molecule is CC(/C=C/C(=O)NO[C@@H]1O[C@H](CO)[C@@H](O)[C@H](O)[C@H]1O)=C\[C@@H](C)C(O)c1ccc(N(C)C)cc1. The molecule has 1 amide bonds. The average molecular weight is 467 g/mol. The van der Waals surface area contributed by atoms with E-state index in [0.29, 0.717) is 0 Å². The number of carbonyl (C=O) groups excluding carboxylic acids is 1. The second-order valence-corrected chi connectivity index (χ2v) is 8.32. The van der Waals surface area contributed by atoms with Crippen molar-refractivity contribution < 1.29 is 39.9 Å². The van der Waals surface area contributed by atoms with Crippen molar-refractivity contribution in [1.29, 1.82) is 0 Å². The second-order valence-electron chi connectivity index (χ2n) is 8.32. The van der Waals surface area contributed by atoms with E-state index in [9.17, 15) is 25.2 Å². The molecule has 1 unspecified atom stereocenters. The lowest BCUT2D eigenvalue weighted by molar-refractivity contribution is -0.312. The minimum absolute atomic E-state index is 0.215. The second kappa shape index (κ2) is 12.2. The van der Waals surface area contributed by atoms with Crippen LogP contribution in [0.15, 0.2) is 48.1 Å². The highest BCUT2D eigenvalue weighted by Gasteiger charge is 2.44. The van der Waals surface area contributed by atoms with Gasteiger partial charge in [-0.25, -0.2) is 10.3 Å². The van der Waals surface area contributed by atoms with Crippen LogP contribution in [0.1, 0.15) is 25.5 Å². The molecule has 1 heterocycles. The number of ether oxygens (including phenoxy) is 1. The van der Waals surface area contributed by atoms with Gasteiger partial charge in [-0.3, -0.25) is 4.79 Å². The number of carbonyl (C=O) groups is 1. The molecule has 2 rings (SSSR count). The lowest BCUT2D eigenvalue weighted by Crippen LogP contribution is -2.60.